The molecule has 2 atom stereocenters. The lowest BCUT2D eigenvalue weighted by Crippen LogP contribution is -2.54. The number of nitrogens with one attached hydrogen (secondary N) is 1. The second-order valence-electron chi connectivity index (χ2n) is 5.32. The fourth-order valence-electron chi connectivity index (χ4n) is 2.55. The van der Waals surface area contributed by atoms with E-state index in [1.165, 1.54) is 0 Å². The number of amides is 1. The van der Waals surface area contributed by atoms with Crippen molar-refractivity contribution in [3.05, 3.63) is 0 Å². The average molecular weight is 238 g/mol. The van der Waals surface area contributed by atoms with E-state index >= 15 is 0 Å². The number of nitrogens with zero attached hydrogens (tertiary/aromatic N) is 1. The Hall–Kier alpha value is -0.900. The molecule has 96 valence electrons. The van der Waals surface area contributed by atoms with Gasteiger partial charge in [0.25, 0.3) is 0 Å². The predicted molar refractivity (Wildman–Crippen MR) is 65.7 cm³/mol. The van der Waals surface area contributed by atoms with Crippen LogP contribution < -0.4 is 5.32 Å². The monoisotopic (exact) mass is 238 g/mol. The van der Waals surface area contributed by atoms with Gasteiger partial charge in [-0.2, -0.15) is 0 Å². The summed E-state index contributed by atoms with van der Waals surface area (Å²) < 4.78 is 0. The highest BCUT2D eigenvalue weighted by atomic mass is 16.2. The van der Waals surface area contributed by atoms with Gasteiger partial charge in [0.1, 0.15) is 5.78 Å². The molecule has 1 heterocycles. The van der Waals surface area contributed by atoms with Crippen molar-refractivity contribution in [2.75, 3.05) is 6.54 Å². The van der Waals surface area contributed by atoms with Gasteiger partial charge in [-0.15, -0.1) is 0 Å². The number of ketones is 1. The molecule has 4 heteroatoms. The first kappa shape index (κ1) is 12.6. The van der Waals surface area contributed by atoms with E-state index in [2.05, 4.69) is 10.2 Å². The maximum atomic E-state index is 12.0. The third-order valence-electron chi connectivity index (χ3n) is 3.81. The summed E-state index contributed by atoms with van der Waals surface area (Å²) in [7, 11) is 0. The Morgan fingerprint density at radius 1 is 1.24 bits per heavy atom. The van der Waals surface area contributed by atoms with Crippen molar-refractivity contribution in [1.29, 1.82) is 0 Å². The SMILES string of the molecule is CC(=O)C1CCCCN1C(C)C(=O)NC1CC1. The zero-order valence-corrected chi connectivity index (χ0v) is 10.7. The lowest BCUT2D eigenvalue weighted by Gasteiger charge is -2.37. The zero-order chi connectivity index (χ0) is 12.4. The minimum absolute atomic E-state index is 0.0521. The van der Waals surface area contributed by atoms with Gasteiger partial charge < -0.3 is 5.32 Å². The molecule has 2 fully saturated rings. The van der Waals surface area contributed by atoms with E-state index in [0.29, 0.717) is 6.04 Å². The Bertz CT molecular complexity index is 313. The van der Waals surface area contributed by atoms with Crippen molar-refractivity contribution < 1.29 is 9.59 Å². The number of likely N-dealkylation sites (tertiary alicyclic amines) is 1. The molecule has 1 aliphatic heterocycles. The molecule has 2 rings (SSSR count). The van der Waals surface area contributed by atoms with Gasteiger partial charge in [-0.25, -0.2) is 0 Å². The third kappa shape index (κ3) is 3.06. The number of piperidine rings is 1. The van der Waals surface area contributed by atoms with Gasteiger partial charge in [0, 0.05) is 6.04 Å². The van der Waals surface area contributed by atoms with Crippen LogP contribution in [0.3, 0.4) is 0 Å². The maximum absolute atomic E-state index is 12.0. The molecule has 1 saturated heterocycles. The van der Waals surface area contributed by atoms with Crippen LogP contribution >= 0.6 is 0 Å². The largest absolute Gasteiger partial charge is 0.352 e. The molecule has 0 spiro atoms. The van der Waals surface area contributed by atoms with Crippen LogP contribution in [0.25, 0.3) is 0 Å². The average Bonchev–Trinajstić information content (AvgIpc) is 3.11. The maximum Gasteiger partial charge on any atom is 0.237 e. The van der Waals surface area contributed by atoms with Crippen LogP contribution in [0.15, 0.2) is 0 Å². The van der Waals surface area contributed by atoms with E-state index in [9.17, 15) is 9.59 Å². The molecule has 0 aromatic heterocycles. The van der Waals surface area contributed by atoms with E-state index < -0.39 is 0 Å². The lowest BCUT2D eigenvalue weighted by atomic mass is 9.97. The van der Waals surface area contributed by atoms with Gasteiger partial charge in [-0.3, -0.25) is 14.5 Å². The minimum Gasteiger partial charge on any atom is -0.352 e. The van der Waals surface area contributed by atoms with Gasteiger partial charge in [0.2, 0.25) is 5.91 Å². The molecule has 1 N–H and O–H groups in total. The fraction of sp³-hybridized carbons (Fsp3) is 0.846. The number of Topliss-reactive ketones (excluding diaryl/α,β-unsaturated/α-hetero) is 1. The summed E-state index contributed by atoms with van der Waals surface area (Å²) >= 11 is 0. The van der Waals surface area contributed by atoms with Crippen LogP contribution in [0.4, 0.5) is 0 Å². The number of carbonyl (C=O) groups excluding carboxylic acids is 2. The van der Waals surface area contributed by atoms with Crippen molar-refractivity contribution in [2.24, 2.45) is 0 Å². The first-order valence-corrected chi connectivity index (χ1v) is 6.66. The van der Waals surface area contributed by atoms with Crippen LogP contribution in [0.5, 0.6) is 0 Å². The summed E-state index contributed by atoms with van der Waals surface area (Å²) in [5.41, 5.74) is 0. The third-order valence-corrected chi connectivity index (χ3v) is 3.81. The predicted octanol–water partition coefficient (Wildman–Crippen LogP) is 1.10. The van der Waals surface area contributed by atoms with E-state index in [0.717, 1.165) is 38.6 Å². The first-order valence-electron chi connectivity index (χ1n) is 6.66. The zero-order valence-electron chi connectivity index (χ0n) is 10.7. The summed E-state index contributed by atoms with van der Waals surface area (Å²) in [6.07, 6.45) is 5.29. The number of hydrogen-bond donors (Lipinski definition) is 1. The quantitative estimate of drug-likeness (QED) is 0.798. The second kappa shape index (κ2) is 5.17. The number of carbonyl (C=O) groups is 2. The molecule has 4 nitrogen and oxygen atoms in total. The van der Waals surface area contributed by atoms with Crippen LogP contribution in [0.2, 0.25) is 0 Å². The van der Waals surface area contributed by atoms with Crippen molar-refractivity contribution in [2.45, 2.75) is 64.1 Å². The minimum atomic E-state index is -0.176. The second-order valence-corrected chi connectivity index (χ2v) is 5.32. The Balaban J connectivity index is 1.96. The molecule has 1 saturated carbocycles. The Labute approximate surface area is 103 Å². The van der Waals surface area contributed by atoms with Crippen LogP contribution in [0, 0.1) is 0 Å². The molecular formula is C13H22N2O2. The van der Waals surface area contributed by atoms with Crippen molar-refractivity contribution in [3.63, 3.8) is 0 Å². The highest BCUT2D eigenvalue weighted by Gasteiger charge is 2.34. The Morgan fingerprint density at radius 3 is 2.53 bits per heavy atom. The van der Waals surface area contributed by atoms with Gasteiger partial charge in [0.05, 0.1) is 12.1 Å². The van der Waals surface area contributed by atoms with Gasteiger partial charge >= 0.3 is 0 Å². The smallest absolute Gasteiger partial charge is 0.237 e. The summed E-state index contributed by atoms with van der Waals surface area (Å²) in [6, 6.07) is 0.166. The molecule has 0 aromatic rings. The summed E-state index contributed by atoms with van der Waals surface area (Å²) in [6.45, 7) is 4.41. The Kier molecular flexibility index (Phi) is 3.82. The van der Waals surface area contributed by atoms with Crippen molar-refractivity contribution >= 4 is 11.7 Å². The summed E-state index contributed by atoms with van der Waals surface area (Å²) in [5, 5.41) is 3.02. The first-order chi connectivity index (χ1) is 8.09. The van der Waals surface area contributed by atoms with Crippen LogP contribution in [0.1, 0.15) is 46.0 Å². The molecule has 0 aromatic carbocycles. The van der Waals surface area contributed by atoms with E-state index in [1.54, 1.807) is 6.92 Å². The molecule has 2 unspecified atom stereocenters. The molecule has 2 aliphatic rings. The lowest BCUT2D eigenvalue weighted by molar-refractivity contribution is -0.131. The topological polar surface area (TPSA) is 49.4 Å². The van der Waals surface area contributed by atoms with E-state index in [-0.39, 0.29) is 23.8 Å². The number of hydrogen-bond acceptors (Lipinski definition) is 3. The summed E-state index contributed by atoms with van der Waals surface area (Å²) in [5.74, 6) is 0.274. The molecule has 0 radical (unpaired) electrons. The standard InChI is InChI=1S/C13H22N2O2/c1-9(13(17)14-11-6-7-11)15-8-4-3-5-12(15)10(2)16/h9,11-12H,3-8H2,1-2H3,(H,14,17). The van der Waals surface area contributed by atoms with Gasteiger partial charge in [-0.05, 0) is 46.1 Å². The molecule has 17 heavy (non-hydrogen) atoms. The fourth-order valence-corrected chi connectivity index (χ4v) is 2.55. The van der Waals surface area contributed by atoms with Crippen molar-refractivity contribution in [3.8, 4) is 0 Å². The van der Waals surface area contributed by atoms with Crippen LogP contribution in [-0.4, -0.2) is 41.3 Å². The molecular weight excluding hydrogens is 216 g/mol. The highest BCUT2D eigenvalue weighted by molar-refractivity contribution is 5.85. The van der Waals surface area contributed by atoms with Gasteiger partial charge in [-0.1, -0.05) is 6.42 Å². The van der Waals surface area contributed by atoms with E-state index in [4.69, 9.17) is 0 Å². The van der Waals surface area contributed by atoms with E-state index in [1.807, 2.05) is 6.92 Å². The molecule has 1 amide bonds. The van der Waals surface area contributed by atoms with Crippen molar-refractivity contribution in [1.82, 2.24) is 10.2 Å². The Morgan fingerprint density at radius 2 is 1.94 bits per heavy atom. The van der Waals surface area contributed by atoms with Gasteiger partial charge in [0.15, 0.2) is 0 Å². The molecule has 0 bridgehead atoms. The number of rotatable bonds is 4. The highest BCUT2D eigenvalue weighted by Crippen LogP contribution is 2.22. The van der Waals surface area contributed by atoms with Crippen LogP contribution in [-0.2, 0) is 9.59 Å². The molecule has 1 aliphatic carbocycles. The summed E-state index contributed by atoms with van der Waals surface area (Å²) in [4.78, 5) is 25.7. The normalized spacial score (nSPS) is 27.5.